The van der Waals surface area contributed by atoms with Crippen LogP contribution in [0.5, 0.6) is 0 Å². The van der Waals surface area contributed by atoms with E-state index in [0.717, 1.165) is 17.1 Å². The van der Waals surface area contributed by atoms with Gasteiger partial charge in [-0.05, 0) is 127 Å². The van der Waals surface area contributed by atoms with Gasteiger partial charge in [-0.15, -0.1) is 0 Å². The molecule has 0 amide bonds. The Morgan fingerprint density at radius 3 is 1.71 bits per heavy atom. The van der Waals surface area contributed by atoms with E-state index in [1.165, 1.54) is 77.9 Å². The Morgan fingerprint density at radius 1 is 0.466 bits per heavy atom. The minimum atomic E-state index is -0.513. The molecule has 0 radical (unpaired) electrons. The molecule has 1 nitrogen and oxygen atoms in total. The second-order valence-electron chi connectivity index (χ2n) is 16.1. The summed E-state index contributed by atoms with van der Waals surface area (Å²) in [5.74, 6) is 0. The molecule has 0 aromatic heterocycles. The van der Waals surface area contributed by atoms with E-state index in [1.807, 2.05) is 6.08 Å². The lowest BCUT2D eigenvalue weighted by Crippen LogP contribution is -2.28. The summed E-state index contributed by atoms with van der Waals surface area (Å²) in [5.41, 5.74) is 20.5. The molecule has 2 aliphatic carbocycles. The molecule has 278 valence electrons. The van der Waals surface area contributed by atoms with E-state index in [1.54, 1.807) is 0 Å². The quantitative estimate of drug-likeness (QED) is 0.150. The van der Waals surface area contributed by atoms with Crippen molar-refractivity contribution < 1.29 is 0 Å². The van der Waals surface area contributed by atoms with Crippen LogP contribution < -0.4 is 4.90 Å². The third-order valence-corrected chi connectivity index (χ3v) is 12.6. The van der Waals surface area contributed by atoms with E-state index in [9.17, 15) is 0 Å². The van der Waals surface area contributed by atoms with Gasteiger partial charge in [-0.25, -0.2) is 0 Å². The van der Waals surface area contributed by atoms with Gasteiger partial charge in [0.05, 0.1) is 5.41 Å². The van der Waals surface area contributed by atoms with Crippen molar-refractivity contribution >= 4 is 29.2 Å². The van der Waals surface area contributed by atoms with Crippen molar-refractivity contribution in [3.63, 3.8) is 0 Å². The summed E-state index contributed by atoms with van der Waals surface area (Å²) in [5, 5.41) is 0. The standard InChI is InChI=1S/C57H45N/c1-5-18-40-30-36-52-55(47(40)6-2)50-34-29-41(37-54(50)57(52,42-19-10-7-11-20-42)43-21-12-8-13-22-43)39-27-31-45(32-28-39)58(44-23-14-9-15-24-44)46-33-35-49-48-25-16-17-26-51(48)56(3,4)53(49)38-46/h5-38H,2H2,1,3-4H3/b18-5-. The fourth-order valence-electron chi connectivity index (χ4n) is 10.0. The Morgan fingerprint density at radius 2 is 1.03 bits per heavy atom. The average Bonchev–Trinajstić information content (AvgIpc) is 3.70. The van der Waals surface area contributed by atoms with Crippen molar-refractivity contribution in [1.29, 1.82) is 0 Å². The van der Waals surface area contributed by atoms with Gasteiger partial charge >= 0.3 is 0 Å². The summed E-state index contributed by atoms with van der Waals surface area (Å²) in [7, 11) is 0. The van der Waals surface area contributed by atoms with E-state index in [4.69, 9.17) is 0 Å². The molecular weight excluding hydrogens is 699 g/mol. The fourth-order valence-corrected chi connectivity index (χ4v) is 10.0. The third-order valence-electron chi connectivity index (χ3n) is 12.6. The minimum Gasteiger partial charge on any atom is -0.310 e. The molecule has 0 aliphatic heterocycles. The number of anilines is 3. The Kier molecular flexibility index (Phi) is 8.50. The summed E-state index contributed by atoms with van der Waals surface area (Å²) in [6.07, 6.45) is 6.34. The Labute approximate surface area is 342 Å². The Hall–Kier alpha value is -6.96. The number of fused-ring (bicyclic) bond motifs is 6. The number of allylic oxidation sites excluding steroid dienone is 1. The number of nitrogens with zero attached hydrogens (tertiary/aromatic N) is 1. The van der Waals surface area contributed by atoms with Gasteiger partial charge in [-0.3, -0.25) is 0 Å². The maximum Gasteiger partial charge on any atom is 0.0714 e. The predicted octanol–water partition coefficient (Wildman–Crippen LogP) is 15.2. The normalized spacial score (nSPS) is 14.1. The molecule has 0 N–H and O–H groups in total. The molecule has 2 aliphatic rings. The molecule has 58 heavy (non-hydrogen) atoms. The van der Waals surface area contributed by atoms with Crippen molar-refractivity contribution in [3.05, 3.63) is 245 Å². The van der Waals surface area contributed by atoms with Crippen molar-refractivity contribution in [2.24, 2.45) is 0 Å². The first-order valence-electron chi connectivity index (χ1n) is 20.3. The number of hydrogen-bond donors (Lipinski definition) is 0. The van der Waals surface area contributed by atoms with Gasteiger partial charge in [0.15, 0.2) is 0 Å². The smallest absolute Gasteiger partial charge is 0.0714 e. The van der Waals surface area contributed by atoms with E-state index in [-0.39, 0.29) is 5.41 Å². The van der Waals surface area contributed by atoms with Crippen LogP contribution in [-0.4, -0.2) is 0 Å². The molecule has 1 heteroatoms. The third kappa shape index (κ3) is 5.31. The molecule has 0 saturated carbocycles. The highest BCUT2D eigenvalue weighted by Crippen LogP contribution is 2.58. The van der Waals surface area contributed by atoms with Crippen LogP contribution >= 0.6 is 0 Å². The number of rotatable bonds is 8. The van der Waals surface area contributed by atoms with Crippen LogP contribution in [0, 0.1) is 0 Å². The van der Waals surface area contributed by atoms with Gasteiger partial charge in [0.1, 0.15) is 0 Å². The highest BCUT2D eigenvalue weighted by molar-refractivity contribution is 5.95. The van der Waals surface area contributed by atoms with Crippen LogP contribution in [0.4, 0.5) is 17.1 Å². The fraction of sp³-hybridized carbons (Fsp3) is 0.0877. The van der Waals surface area contributed by atoms with Gasteiger partial charge in [0, 0.05) is 22.5 Å². The van der Waals surface area contributed by atoms with E-state index >= 15 is 0 Å². The minimum absolute atomic E-state index is 0.0865. The molecule has 8 aromatic rings. The Bertz CT molecular complexity index is 2820. The van der Waals surface area contributed by atoms with Gasteiger partial charge in [0.2, 0.25) is 0 Å². The first-order chi connectivity index (χ1) is 28.4. The second-order valence-corrected chi connectivity index (χ2v) is 16.1. The van der Waals surface area contributed by atoms with Crippen LogP contribution in [0.15, 0.2) is 201 Å². The van der Waals surface area contributed by atoms with E-state index < -0.39 is 5.41 Å². The largest absolute Gasteiger partial charge is 0.310 e. The van der Waals surface area contributed by atoms with E-state index in [0.29, 0.717) is 0 Å². The van der Waals surface area contributed by atoms with Crippen LogP contribution in [0.25, 0.3) is 45.5 Å². The average molecular weight is 744 g/mol. The first kappa shape index (κ1) is 35.5. The molecule has 0 fully saturated rings. The molecule has 0 unspecified atom stereocenters. The molecule has 0 heterocycles. The topological polar surface area (TPSA) is 3.24 Å². The first-order valence-corrected chi connectivity index (χ1v) is 20.3. The summed E-state index contributed by atoms with van der Waals surface area (Å²) in [6, 6.07) is 69.5. The number of para-hydroxylation sites is 1. The van der Waals surface area contributed by atoms with Crippen molar-refractivity contribution in [3.8, 4) is 33.4 Å². The van der Waals surface area contributed by atoms with Gasteiger partial charge in [-0.2, -0.15) is 0 Å². The zero-order chi connectivity index (χ0) is 39.4. The van der Waals surface area contributed by atoms with Crippen molar-refractivity contribution in [2.45, 2.75) is 31.6 Å². The van der Waals surface area contributed by atoms with Crippen LogP contribution in [0.3, 0.4) is 0 Å². The predicted molar refractivity (Wildman–Crippen MR) is 246 cm³/mol. The molecule has 0 saturated heterocycles. The molecule has 8 aromatic carbocycles. The highest BCUT2D eigenvalue weighted by Gasteiger charge is 2.47. The van der Waals surface area contributed by atoms with Crippen molar-refractivity contribution in [2.75, 3.05) is 4.90 Å². The molecular formula is C57H45N. The molecule has 0 atom stereocenters. The molecule has 10 rings (SSSR count). The number of benzene rings is 8. The lowest BCUT2D eigenvalue weighted by atomic mass is 9.67. The van der Waals surface area contributed by atoms with Crippen LogP contribution in [0.2, 0.25) is 0 Å². The summed E-state index contributed by atoms with van der Waals surface area (Å²) >= 11 is 0. The SMILES string of the molecule is C=Cc1c(/C=C\C)ccc2c1-c1ccc(-c3ccc(N(c4ccccc4)c4ccc5c(c4)C(C)(C)c4ccccc4-5)cc3)cc1C2(c1ccccc1)c1ccccc1. The molecule has 0 spiro atoms. The monoisotopic (exact) mass is 743 g/mol. The summed E-state index contributed by atoms with van der Waals surface area (Å²) in [6.45, 7) is 11.1. The molecule has 0 bridgehead atoms. The van der Waals surface area contributed by atoms with Gasteiger partial charge in [0.25, 0.3) is 0 Å². The van der Waals surface area contributed by atoms with Crippen LogP contribution in [0.1, 0.15) is 65.3 Å². The van der Waals surface area contributed by atoms with Crippen LogP contribution in [-0.2, 0) is 10.8 Å². The lowest BCUT2D eigenvalue weighted by Gasteiger charge is -2.34. The summed E-state index contributed by atoms with van der Waals surface area (Å²) < 4.78 is 0. The zero-order valence-corrected chi connectivity index (χ0v) is 33.3. The maximum absolute atomic E-state index is 4.34. The van der Waals surface area contributed by atoms with Gasteiger partial charge < -0.3 is 4.90 Å². The highest BCUT2D eigenvalue weighted by atomic mass is 15.1. The Balaban J connectivity index is 1.12. The van der Waals surface area contributed by atoms with Gasteiger partial charge in [-0.1, -0.05) is 184 Å². The number of hydrogen-bond acceptors (Lipinski definition) is 1. The zero-order valence-electron chi connectivity index (χ0n) is 33.3. The maximum atomic E-state index is 4.34. The second kappa shape index (κ2) is 13.9. The summed E-state index contributed by atoms with van der Waals surface area (Å²) in [4.78, 5) is 2.39. The lowest BCUT2D eigenvalue weighted by molar-refractivity contribution is 0.660. The van der Waals surface area contributed by atoms with Crippen molar-refractivity contribution in [1.82, 2.24) is 0 Å². The van der Waals surface area contributed by atoms with E-state index in [2.05, 4.69) is 232 Å².